The summed E-state index contributed by atoms with van der Waals surface area (Å²) in [6.07, 6.45) is 2.64. The van der Waals surface area contributed by atoms with Gasteiger partial charge in [0.05, 0.1) is 11.8 Å². The maximum Gasteiger partial charge on any atom is 0.226 e. The van der Waals surface area contributed by atoms with Gasteiger partial charge in [0.15, 0.2) is 5.13 Å². The minimum Gasteiger partial charge on any atom is -0.392 e. The summed E-state index contributed by atoms with van der Waals surface area (Å²) in [7, 11) is 2.09. The summed E-state index contributed by atoms with van der Waals surface area (Å²) in [5.74, 6) is 0.0976. The van der Waals surface area contributed by atoms with Gasteiger partial charge in [0.1, 0.15) is 0 Å². The van der Waals surface area contributed by atoms with Gasteiger partial charge in [0, 0.05) is 49.3 Å². The molecule has 2 N–H and O–H groups in total. The van der Waals surface area contributed by atoms with Crippen LogP contribution in [0.4, 0.5) is 5.13 Å². The molecule has 6 atom stereocenters. The van der Waals surface area contributed by atoms with E-state index in [0.29, 0.717) is 11.6 Å². The predicted molar refractivity (Wildman–Crippen MR) is 141 cm³/mol. The standard InChI is InChI=1S/C27H44N4O3S/c1-16(24(34)31-12-10-30(7)11-13-31)18-8-9-27(6)14-19-22(17(2)21(27)23(18)33)29-25(35-19)28-20(32)15-26(3,4)5/h16-18,21,23,33H,8-15H2,1-7H3,(H,28,29,32)/t16-,17-,18?,21+,23-,27-/m0/s1. The van der Waals surface area contributed by atoms with Crippen molar-refractivity contribution in [2.75, 3.05) is 38.5 Å². The number of likely N-dealkylation sites (N-methyl/N-ethyl adjacent to an activating group) is 1. The SMILES string of the molecule is C[C@H](C(=O)N1CCN(C)CC1)C1CC[C@@]2(C)Cc3sc(NC(=O)CC(C)(C)C)nc3[C@@H](C)[C@@H]2[C@H]1O. The van der Waals surface area contributed by atoms with Crippen molar-refractivity contribution in [3.8, 4) is 0 Å². The van der Waals surface area contributed by atoms with E-state index in [0.717, 1.165) is 51.1 Å². The second-order valence-electron chi connectivity index (χ2n) is 12.9. The third kappa shape index (κ3) is 5.44. The summed E-state index contributed by atoms with van der Waals surface area (Å²) in [6, 6.07) is 0. The largest absolute Gasteiger partial charge is 0.392 e. The molecule has 0 bridgehead atoms. The molecule has 1 saturated carbocycles. The van der Waals surface area contributed by atoms with E-state index in [9.17, 15) is 14.7 Å². The molecule has 0 radical (unpaired) electrons. The van der Waals surface area contributed by atoms with E-state index in [1.807, 2.05) is 11.8 Å². The highest BCUT2D eigenvalue weighted by molar-refractivity contribution is 7.15. The van der Waals surface area contributed by atoms with Gasteiger partial charge < -0.3 is 20.2 Å². The zero-order valence-electron chi connectivity index (χ0n) is 22.6. The van der Waals surface area contributed by atoms with Gasteiger partial charge in [-0.3, -0.25) is 9.59 Å². The van der Waals surface area contributed by atoms with E-state index < -0.39 is 6.10 Å². The van der Waals surface area contributed by atoms with Crippen molar-refractivity contribution in [3.63, 3.8) is 0 Å². The molecule has 8 heteroatoms. The van der Waals surface area contributed by atoms with Crippen LogP contribution in [0.1, 0.15) is 77.3 Å². The molecule has 0 spiro atoms. The van der Waals surface area contributed by atoms with E-state index in [2.05, 4.69) is 51.9 Å². The van der Waals surface area contributed by atoms with Gasteiger partial charge in [-0.2, -0.15) is 0 Å². The summed E-state index contributed by atoms with van der Waals surface area (Å²) in [5.41, 5.74) is 0.910. The number of carbonyl (C=O) groups excluding carboxylic acids is 2. The number of aliphatic hydroxyl groups is 1. The van der Waals surface area contributed by atoms with Crippen molar-refractivity contribution >= 4 is 28.3 Å². The Morgan fingerprint density at radius 1 is 1.26 bits per heavy atom. The fourth-order valence-corrected chi connectivity index (χ4v) is 8.02. The van der Waals surface area contributed by atoms with Crippen LogP contribution in [-0.4, -0.2) is 71.0 Å². The van der Waals surface area contributed by atoms with Crippen molar-refractivity contribution in [3.05, 3.63) is 10.6 Å². The molecule has 1 unspecified atom stereocenters. The van der Waals surface area contributed by atoms with Crippen LogP contribution < -0.4 is 5.32 Å². The van der Waals surface area contributed by atoms with Gasteiger partial charge in [0.2, 0.25) is 11.8 Å². The number of fused-ring (bicyclic) bond motifs is 2. The van der Waals surface area contributed by atoms with Crippen LogP contribution in [-0.2, 0) is 16.0 Å². The summed E-state index contributed by atoms with van der Waals surface area (Å²) in [6.45, 7) is 16.0. The number of amides is 2. The predicted octanol–water partition coefficient (Wildman–Crippen LogP) is 3.98. The van der Waals surface area contributed by atoms with E-state index in [1.54, 1.807) is 11.3 Å². The number of thiazole rings is 1. The number of hydrogen-bond acceptors (Lipinski definition) is 6. The molecule has 35 heavy (non-hydrogen) atoms. The molecule has 2 aliphatic carbocycles. The van der Waals surface area contributed by atoms with Crippen LogP contribution in [0, 0.1) is 28.6 Å². The smallest absolute Gasteiger partial charge is 0.226 e. The summed E-state index contributed by atoms with van der Waals surface area (Å²) >= 11 is 1.59. The minimum atomic E-state index is -0.538. The molecule has 3 aliphatic rings. The lowest BCUT2D eigenvalue weighted by molar-refractivity contribution is -0.146. The van der Waals surface area contributed by atoms with Crippen molar-refractivity contribution in [2.24, 2.45) is 28.6 Å². The van der Waals surface area contributed by atoms with E-state index in [-0.39, 0.29) is 46.3 Å². The second kappa shape index (κ2) is 9.75. The summed E-state index contributed by atoms with van der Waals surface area (Å²) in [4.78, 5) is 36.1. The van der Waals surface area contributed by atoms with Gasteiger partial charge in [-0.1, -0.05) is 41.5 Å². The molecule has 1 aromatic heterocycles. The first-order valence-corrected chi connectivity index (χ1v) is 14.1. The third-order valence-electron chi connectivity index (χ3n) is 8.71. The van der Waals surface area contributed by atoms with Crippen molar-refractivity contribution in [1.82, 2.24) is 14.8 Å². The topological polar surface area (TPSA) is 85.8 Å². The van der Waals surface area contributed by atoms with Gasteiger partial charge >= 0.3 is 0 Å². The third-order valence-corrected chi connectivity index (χ3v) is 9.69. The molecule has 2 heterocycles. The molecular formula is C27H44N4O3S. The second-order valence-corrected chi connectivity index (χ2v) is 14.0. The number of piperazine rings is 1. The number of aliphatic hydroxyl groups excluding tert-OH is 1. The van der Waals surface area contributed by atoms with Gasteiger partial charge in [-0.05, 0) is 49.0 Å². The first-order chi connectivity index (χ1) is 16.3. The van der Waals surface area contributed by atoms with Crippen LogP contribution >= 0.6 is 11.3 Å². The number of rotatable bonds is 4. The molecule has 0 aromatic carbocycles. The van der Waals surface area contributed by atoms with Gasteiger partial charge in [0.25, 0.3) is 0 Å². The number of aromatic nitrogens is 1. The Labute approximate surface area is 214 Å². The van der Waals surface area contributed by atoms with Crippen molar-refractivity contribution in [2.45, 2.75) is 79.2 Å². The van der Waals surface area contributed by atoms with E-state index in [1.165, 1.54) is 4.88 Å². The maximum atomic E-state index is 13.3. The Hall–Kier alpha value is -1.51. The lowest BCUT2D eigenvalue weighted by atomic mass is 9.53. The normalized spacial score (nSPS) is 32.5. The number of nitrogens with zero attached hydrogens (tertiary/aromatic N) is 3. The first kappa shape index (κ1) is 26.6. The highest BCUT2D eigenvalue weighted by atomic mass is 32.1. The maximum absolute atomic E-state index is 13.3. The molecule has 196 valence electrons. The fraction of sp³-hybridized carbons (Fsp3) is 0.815. The number of nitrogens with one attached hydrogen (secondary N) is 1. The van der Waals surface area contributed by atoms with Crippen molar-refractivity contribution in [1.29, 1.82) is 0 Å². The molecule has 1 saturated heterocycles. The average molecular weight is 505 g/mol. The number of carbonyl (C=O) groups is 2. The first-order valence-electron chi connectivity index (χ1n) is 13.2. The molecule has 7 nitrogen and oxygen atoms in total. The summed E-state index contributed by atoms with van der Waals surface area (Å²) < 4.78 is 0. The monoisotopic (exact) mass is 504 g/mol. The van der Waals surface area contributed by atoms with E-state index in [4.69, 9.17) is 4.98 Å². The van der Waals surface area contributed by atoms with Gasteiger partial charge in [-0.25, -0.2) is 4.98 Å². The Kier molecular flexibility index (Phi) is 7.39. The quantitative estimate of drug-likeness (QED) is 0.648. The minimum absolute atomic E-state index is 0.00350. The Morgan fingerprint density at radius 3 is 2.54 bits per heavy atom. The highest BCUT2D eigenvalue weighted by Gasteiger charge is 2.54. The molecule has 4 rings (SSSR count). The highest BCUT2D eigenvalue weighted by Crippen LogP contribution is 2.57. The van der Waals surface area contributed by atoms with Crippen LogP contribution in [0.5, 0.6) is 0 Å². The van der Waals surface area contributed by atoms with Crippen LogP contribution in [0.3, 0.4) is 0 Å². The van der Waals surface area contributed by atoms with Gasteiger partial charge in [-0.15, -0.1) is 11.3 Å². The summed E-state index contributed by atoms with van der Waals surface area (Å²) in [5, 5.41) is 15.4. The van der Waals surface area contributed by atoms with Crippen LogP contribution in [0.25, 0.3) is 0 Å². The number of anilines is 1. The fourth-order valence-electron chi connectivity index (χ4n) is 6.74. The Balaban J connectivity index is 1.49. The van der Waals surface area contributed by atoms with E-state index >= 15 is 0 Å². The van der Waals surface area contributed by atoms with Crippen LogP contribution in [0.2, 0.25) is 0 Å². The average Bonchev–Trinajstić information content (AvgIpc) is 3.13. The lowest BCUT2D eigenvalue weighted by Crippen LogP contribution is -2.55. The Bertz CT molecular complexity index is 949. The zero-order valence-corrected chi connectivity index (χ0v) is 23.4. The van der Waals surface area contributed by atoms with Crippen LogP contribution in [0.15, 0.2) is 0 Å². The lowest BCUT2D eigenvalue weighted by Gasteiger charge is -2.53. The molecule has 1 aromatic rings. The molecule has 2 amide bonds. The number of hydrogen-bond donors (Lipinski definition) is 2. The molecular weight excluding hydrogens is 460 g/mol. The van der Waals surface area contributed by atoms with Crippen molar-refractivity contribution < 1.29 is 14.7 Å². The molecule has 2 fully saturated rings. The Morgan fingerprint density at radius 2 is 1.91 bits per heavy atom. The zero-order chi connectivity index (χ0) is 25.7. The molecule has 1 aliphatic heterocycles.